The van der Waals surface area contributed by atoms with Gasteiger partial charge in [-0.2, -0.15) is 5.10 Å². The Labute approximate surface area is 180 Å². The number of thiophene rings is 1. The second kappa shape index (κ2) is 8.86. The van der Waals surface area contributed by atoms with Crippen molar-refractivity contribution in [3.63, 3.8) is 0 Å². The molecule has 1 N–H and O–H groups in total. The van der Waals surface area contributed by atoms with Crippen molar-refractivity contribution in [2.75, 3.05) is 0 Å². The fourth-order valence-corrected chi connectivity index (χ4v) is 4.07. The predicted octanol–water partition coefficient (Wildman–Crippen LogP) is 4.93. The lowest BCUT2D eigenvalue weighted by molar-refractivity contribution is 0.0740. The molecule has 4 rings (SSSR count). The third-order valence-corrected chi connectivity index (χ3v) is 5.75. The van der Waals surface area contributed by atoms with E-state index in [-0.39, 0.29) is 5.91 Å². The summed E-state index contributed by atoms with van der Waals surface area (Å²) in [7, 11) is 0. The molecule has 0 atom stereocenters. The first-order valence-corrected chi connectivity index (χ1v) is 10.0. The molecule has 4 aromatic rings. The zero-order chi connectivity index (χ0) is 20.9. The normalized spacial score (nSPS) is 11.0. The Hall–Kier alpha value is -3.55. The first-order chi connectivity index (χ1) is 14.6. The molecule has 0 saturated carbocycles. The molecule has 30 heavy (non-hydrogen) atoms. The number of amides is 1. The quantitative estimate of drug-likeness (QED) is 0.208. The molecule has 2 heterocycles. The van der Waals surface area contributed by atoms with Gasteiger partial charge in [0.25, 0.3) is 5.91 Å². The molecule has 0 spiro atoms. The number of ether oxygens (including phenoxy) is 1. The smallest absolute Gasteiger partial charge is 0.355 e. The maximum Gasteiger partial charge on any atom is 0.355 e. The van der Waals surface area contributed by atoms with Gasteiger partial charge in [-0.25, -0.2) is 10.2 Å². The summed E-state index contributed by atoms with van der Waals surface area (Å²) in [6.45, 7) is 0. The number of benzene rings is 2. The predicted molar refractivity (Wildman–Crippen MR) is 118 cm³/mol. The number of esters is 1. The number of fused-ring (bicyclic) bond motifs is 1. The minimum Gasteiger partial charge on any atom is -0.422 e. The van der Waals surface area contributed by atoms with Gasteiger partial charge < -0.3 is 4.74 Å². The van der Waals surface area contributed by atoms with E-state index in [1.807, 2.05) is 24.3 Å². The Morgan fingerprint density at radius 2 is 1.97 bits per heavy atom. The second-order valence-corrected chi connectivity index (χ2v) is 7.57. The van der Waals surface area contributed by atoms with Crippen molar-refractivity contribution in [2.45, 2.75) is 0 Å². The van der Waals surface area contributed by atoms with E-state index in [9.17, 15) is 9.59 Å². The average molecular weight is 436 g/mol. The summed E-state index contributed by atoms with van der Waals surface area (Å²) in [5, 5.41) is 5.13. The first-order valence-electron chi connectivity index (χ1n) is 8.84. The molecule has 0 aliphatic heterocycles. The molecule has 0 bridgehead atoms. The molecule has 6 nitrogen and oxygen atoms in total. The highest BCUT2D eigenvalue weighted by atomic mass is 35.5. The highest BCUT2D eigenvalue weighted by molar-refractivity contribution is 7.21. The van der Waals surface area contributed by atoms with Gasteiger partial charge in [0, 0.05) is 22.5 Å². The zero-order valence-corrected chi connectivity index (χ0v) is 17.0. The average Bonchev–Trinajstić information content (AvgIpc) is 3.11. The van der Waals surface area contributed by atoms with Crippen LogP contribution in [0, 0.1) is 0 Å². The Bertz CT molecular complexity index is 1250. The van der Waals surface area contributed by atoms with Gasteiger partial charge in [-0.05, 0) is 35.9 Å². The lowest BCUT2D eigenvalue weighted by Crippen LogP contribution is -2.17. The summed E-state index contributed by atoms with van der Waals surface area (Å²) in [6, 6.07) is 17.6. The second-order valence-electron chi connectivity index (χ2n) is 6.14. The van der Waals surface area contributed by atoms with Gasteiger partial charge in [-0.1, -0.05) is 41.9 Å². The summed E-state index contributed by atoms with van der Waals surface area (Å²) in [5.74, 6) is -0.558. The molecule has 0 aliphatic carbocycles. The number of pyridine rings is 1. The van der Waals surface area contributed by atoms with Gasteiger partial charge in [0.15, 0.2) is 0 Å². The van der Waals surface area contributed by atoms with Crippen LogP contribution in [0.3, 0.4) is 0 Å². The molecule has 1 amide bonds. The number of rotatable bonds is 5. The van der Waals surface area contributed by atoms with Gasteiger partial charge >= 0.3 is 5.97 Å². The van der Waals surface area contributed by atoms with Gasteiger partial charge in [0.1, 0.15) is 10.6 Å². The Morgan fingerprint density at radius 1 is 1.10 bits per heavy atom. The molecule has 8 heteroatoms. The SMILES string of the molecule is O=C(N/N=C\c1cccc(OC(=O)c2sc3ccccc3c2Cl)c1)c1cccnc1. The van der Waals surface area contributed by atoms with Gasteiger partial charge in [-0.15, -0.1) is 11.3 Å². The van der Waals surface area contributed by atoms with E-state index >= 15 is 0 Å². The summed E-state index contributed by atoms with van der Waals surface area (Å²) in [5.41, 5.74) is 3.47. The van der Waals surface area contributed by atoms with E-state index in [2.05, 4.69) is 15.5 Å². The number of nitrogens with one attached hydrogen (secondary N) is 1. The minimum absolute atomic E-state index is 0.344. The van der Waals surface area contributed by atoms with Gasteiger partial charge in [0.05, 0.1) is 16.8 Å². The van der Waals surface area contributed by atoms with Crippen LogP contribution in [0.15, 0.2) is 78.2 Å². The molecule has 0 radical (unpaired) electrons. The summed E-state index contributed by atoms with van der Waals surface area (Å²) in [6.07, 6.45) is 4.49. The van der Waals surface area contributed by atoms with E-state index < -0.39 is 5.97 Å². The molecule has 2 aromatic carbocycles. The monoisotopic (exact) mass is 435 g/mol. The highest BCUT2D eigenvalue weighted by Crippen LogP contribution is 2.35. The third-order valence-electron chi connectivity index (χ3n) is 4.09. The number of carbonyl (C=O) groups is 2. The molecule has 0 unspecified atom stereocenters. The van der Waals surface area contributed by atoms with Crippen LogP contribution < -0.4 is 10.2 Å². The van der Waals surface area contributed by atoms with Crippen molar-refractivity contribution in [3.05, 3.63) is 94.1 Å². The first kappa shape index (κ1) is 19.8. The fourth-order valence-electron chi connectivity index (χ4n) is 2.68. The van der Waals surface area contributed by atoms with E-state index in [4.69, 9.17) is 16.3 Å². The third kappa shape index (κ3) is 4.37. The number of halogens is 1. The van der Waals surface area contributed by atoms with Gasteiger partial charge in [-0.3, -0.25) is 9.78 Å². The van der Waals surface area contributed by atoms with E-state index in [1.165, 1.54) is 23.7 Å². The largest absolute Gasteiger partial charge is 0.422 e. The number of hydrogen-bond donors (Lipinski definition) is 1. The Morgan fingerprint density at radius 3 is 2.77 bits per heavy atom. The number of nitrogens with zero attached hydrogens (tertiary/aromatic N) is 2. The molecular formula is C22H14ClN3O3S. The fraction of sp³-hybridized carbons (Fsp3) is 0. The van der Waals surface area contributed by atoms with Crippen molar-refractivity contribution in [1.82, 2.24) is 10.4 Å². The summed E-state index contributed by atoms with van der Waals surface area (Å²) >= 11 is 7.63. The Kier molecular flexibility index (Phi) is 5.83. The van der Waals surface area contributed by atoms with Crippen molar-refractivity contribution in [2.24, 2.45) is 5.10 Å². The van der Waals surface area contributed by atoms with Crippen LogP contribution in [-0.2, 0) is 0 Å². The molecule has 0 saturated heterocycles. The van der Waals surface area contributed by atoms with Crippen LogP contribution in [0.4, 0.5) is 0 Å². The molecule has 0 fully saturated rings. The van der Waals surface area contributed by atoms with Crippen molar-refractivity contribution in [1.29, 1.82) is 0 Å². The van der Waals surface area contributed by atoms with Crippen LogP contribution in [0.2, 0.25) is 5.02 Å². The van der Waals surface area contributed by atoms with Crippen LogP contribution in [0.5, 0.6) is 5.75 Å². The lowest BCUT2D eigenvalue weighted by atomic mass is 10.2. The number of aromatic nitrogens is 1. The standard InChI is InChI=1S/C22H14ClN3O3S/c23-19-17-8-1-2-9-18(17)30-20(19)22(28)29-16-7-3-5-14(11-16)12-25-26-21(27)15-6-4-10-24-13-15/h1-13H,(H,26,27)/b25-12-. The van der Waals surface area contributed by atoms with E-state index in [1.54, 1.807) is 42.6 Å². The summed E-state index contributed by atoms with van der Waals surface area (Å²) in [4.78, 5) is 28.8. The maximum atomic E-state index is 12.6. The Balaban J connectivity index is 1.44. The van der Waals surface area contributed by atoms with E-state index in [0.29, 0.717) is 26.8 Å². The minimum atomic E-state index is -0.528. The molecular weight excluding hydrogens is 422 g/mol. The van der Waals surface area contributed by atoms with Crippen LogP contribution >= 0.6 is 22.9 Å². The van der Waals surface area contributed by atoms with Crippen molar-refractivity contribution in [3.8, 4) is 5.75 Å². The van der Waals surface area contributed by atoms with Crippen LogP contribution in [0.25, 0.3) is 10.1 Å². The van der Waals surface area contributed by atoms with Crippen LogP contribution in [-0.4, -0.2) is 23.1 Å². The highest BCUT2D eigenvalue weighted by Gasteiger charge is 2.19. The summed E-state index contributed by atoms with van der Waals surface area (Å²) < 4.78 is 6.39. The van der Waals surface area contributed by atoms with Crippen molar-refractivity contribution >= 4 is 51.1 Å². The van der Waals surface area contributed by atoms with Crippen molar-refractivity contribution < 1.29 is 14.3 Å². The zero-order valence-electron chi connectivity index (χ0n) is 15.4. The van der Waals surface area contributed by atoms with Gasteiger partial charge in [0.2, 0.25) is 0 Å². The maximum absolute atomic E-state index is 12.6. The molecule has 2 aromatic heterocycles. The van der Waals surface area contributed by atoms with E-state index in [0.717, 1.165) is 10.1 Å². The molecule has 0 aliphatic rings. The topological polar surface area (TPSA) is 80.6 Å². The number of carbonyl (C=O) groups excluding carboxylic acids is 2. The molecule has 148 valence electrons. The number of hydrazone groups is 1. The number of hydrogen-bond acceptors (Lipinski definition) is 6. The lowest BCUT2D eigenvalue weighted by Gasteiger charge is -2.04. The van der Waals surface area contributed by atoms with Crippen LogP contribution in [0.1, 0.15) is 25.6 Å².